The molecule has 0 radical (unpaired) electrons. The number of hydrogen-bond donors (Lipinski definition) is 3. The highest BCUT2D eigenvalue weighted by atomic mass is 16.4. The molecule has 1 unspecified atom stereocenters. The minimum Gasteiger partial charge on any atom is -0.469 e. The van der Waals surface area contributed by atoms with Crippen LogP contribution in [-0.2, 0) is 11.2 Å². The third kappa shape index (κ3) is 2.79. The SMILES string of the molecule is CC(Cc1ccco1)NC(=O)C1(C(N)=NO)CCCC1. The van der Waals surface area contributed by atoms with Crippen LogP contribution in [0.1, 0.15) is 38.4 Å². The minimum atomic E-state index is -0.855. The number of hydrogen-bond acceptors (Lipinski definition) is 4. The molecule has 0 aromatic carbocycles. The first-order chi connectivity index (χ1) is 9.58. The van der Waals surface area contributed by atoms with Crippen LogP contribution < -0.4 is 11.1 Å². The van der Waals surface area contributed by atoms with Gasteiger partial charge in [0.15, 0.2) is 5.84 Å². The fourth-order valence-electron chi connectivity index (χ4n) is 2.82. The molecule has 6 nitrogen and oxygen atoms in total. The molecular formula is C14H21N3O3. The van der Waals surface area contributed by atoms with E-state index in [4.69, 9.17) is 15.4 Å². The van der Waals surface area contributed by atoms with E-state index in [9.17, 15) is 4.79 Å². The summed E-state index contributed by atoms with van der Waals surface area (Å²) in [6.45, 7) is 1.91. The molecule has 1 aliphatic carbocycles. The first kappa shape index (κ1) is 14.4. The Morgan fingerprint density at radius 1 is 1.60 bits per heavy atom. The van der Waals surface area contributed by atoms with E-state index >= 15 is 0 Å². The largest absolute Gasteiger partial charge is 0.469 e. The molecule has 20 heavy (non-hydrogen) atoms. The highest BCUT2D eigenvalue weighted by Gasteiger charge is 2.45. The monoisotopic (exact) mass is 279 g/mol. The summed E-state index contributed by atoms with van der Waals surface area (Å²) < 4.78 is 5.27. The fourth-order valence-corrected chi connectivity index (χ4v) is 2.82. The maximum atomic E-state index is 12.5. The Bertz CT molecular complexity index is 476. The van der Waals surface area contributed by atoms with Gasteiger partial charge >= 0.3 is 0 Å². The van der Waals surface area contributed by atoms with Crippen molar-refractivity contribution in [2.45, 2.75) is 45.1 Å². The molecule has 0 aliphatic heterocycles. The quantitative estimate of drug-likeness (QED) is 0.330. The average molecular weight is 279 g/mol. The number of oxime groups is 1. The standard InChI is InChI=1S/C14H21N3O3/c1-10(9-11-5-4-8-20-11)16-13(18)14(12(15)17-19)6-2-3-7-14/h4-5,8,10,19H,2-3,6-7,9H2,1H3,(H2,15,17)(H,16,18). The molecule has 1 atom stereocenters. The number of carbonyl (C=O) groups excluding carboxylic acids is 1. The van der Waals surface area contributed by atoms with Crippen molar-refractivity contribution in [1.82, 2.24) is 5.32 Å². The van der Waals surface area contributed by atoms with Crippen molar-refractivity contribution in [3.05, 3.63) is 24.2 Å². The van der Waals surface area contributed by atoms with Crippen LogP contribution in [0, 0.1) is 5.41 Å². The second-order valence-corrected chi connectivity index (χ2v) is 5.43. The predicted octanol–water partition coefficient (Wildman–Crippen LogP) is 1.63. The Balaban J connectivity index is 2.02. The molecular weight excluding hydrogens is 258 g/mol. The molecule has 1 saturated carbocycles. The summed E-state index contributed by atoms with van der Waals surface area (Å²) in [6, 6.07) is 3.62. The number of carbonyl (C=O) groups is 1. The zero-order valence-electron chi connectivity index (χ0n) is 11.6. The Kier molecular flexibility index (Phi) is 4.32. The average Bonchev–Trinajstić information content (AvgIpc) is 3.08. The number of amidine groups is 1. The van der Waals surface area contributed by atoms with Gasteiger partial charge in [0.25, 0.3) is 0 Å². The Morgan fingerprint density at radius 3 is 2.85 bits per heavy atom. The molecule has 1 aliphatic rings. The van der Waals surface area contributed by atoms with Crippen molar-refractivity contribution in [1.29, 1.82) is 0 Å². The van der Waals surface area contributed by atoms with Gasteiger partial charge in [0.1, 0.15) is 11.2 Å². The van der Waals surface area contributed by atoms with Gasteiger partial charge in [0.05, 0.1) is 6.26 Å². The van der Waals surface area contributed by atoms with E-state index in [2.05, 4.69) is 10.5 Å². The van der Waals surface area contributed by atoms with Gasteiger partial charge in [-0.3, -0.25) is 4.79 Å². The number of nitrogens with zero attached hydrogens (tertiary/aromatic N) is 1. The molecule has 2 rings (SSSR count). The van der Waals surface area contributed by atoms with Crippen molar-refractivity contribution in [2.75, 3.05) is 0 Å². The molecule has 1 heterocycles. The van der Waals surface area contributed by atoms with Crippen LogP contribution in [0.5, 0.6) is 0 Å². The highest BCUT2D eigenvalue weighted by Crippen LogP contribution is 2.38. The smallest absolute Gasteiger partial charge is 0.234 e. The van der Waals surface area contributed by atoms with Crippen molar-refractivity contribution < 1.29 is 14.4 Å². The number of rotatable bonds is 5. The summed E-state index contributed by atoms with van der Waals surface area (Å²) in [7, 11) is 0. The Morgan fingerprint density at radius 2 is 2.30 bits per heavy atom. The molecule has 4 N–H and O–H groups in total. The lowest BCUT2D eigenvalue weighted by Gasteiger charge is -2.27. The van der Waals surface area contributed by atoms with E-state index in [0.29, 0.717) is 19.3 Å². The molecule has 6 heteroatoms. The first-order valence-electron chi connectivity index (χ1n) is 6.90. The number of nitrogens with one attached hydrogen (secondary N) is 1. The maximum absolute atomic E-state index is 12.5. The summed E-state index contributed by atoms with van der Waals surface area (Å²) >= 11 is 0. The van der Waals surface area contributed by atoms with Gasteiger partial charge in [0, 0.05) is 12.5 Å². The molecule has 1 fully saturated rings. The summed E-state index contributed by atoms with van der Waals surface area (Å²) in [5.41, 5.74) is 4.89. The molecule has 1 amide bonds. The van der Waals surface area contributed by atoms with Crippen molar-refractivity contribution in [3.63, 3.8) is 0 Å². The third-order valence-electron chi connectivity index (χ3n) is 3.95. The summed E-state index contributed by atoms with van der Waals surface area (Å²) in [5.74, 6) is 0.670. The Hall–Kier alpha value is -1.98. The molecule has 1 aromatic rings. The van der Waals surface area contributed by atoms with Gasteiger partial charge < -0.3 is 20.7 Å². The molecule has 110 valence electrons. The van der Waals surface area contributed by atoms with E-state index in [1.54, 1.807) is 6.26 Å². The predicted molar refractivity (Wildman–Crippen MR) is 74.3 cm³/mol. The number of amides is 1. The zero-order valence-corrected chi connectivity index (χ0v) is 11.6. The Labute approximate surface area is 118 Å². The van der Waals surface area contributed by atoms with E-state index in [0.717, 1.165) is 18.6 Å². The van der Waals surface area contributed by atoms with Crippen molar-refractivity contribution >= 4 is 11.7 Å². The molecule has 0 saturated heterocycles. The van der Waals surface area contributed by atoms with Crippen LogP contribution in [0.15, 0.2) is 28.0 Å². The zero-order chi connectivity index (χ0) is 14.6. The summed E-state index contributed by atoms with van der Waals surface area (Å²) in [5, 5.41) is 14.9. The number of furan rings is 1. The summed E-state index contributed by atoms with van der Waals surface area (Å²) in [6.07, 6.45) is 5.31. The summed E-state index contributed by atoms with van der Waals surface area (Å²) in [4.78, 5) is 12.5. The second kappa shape index (κ2) is 5.98. The van der Waals surface area contributed by atoms with Crippen molar-refractivity contribution in [3.8, 4) is 0 Å². The topological polar surface area (TPSA) is 101 Å². The van der Waals surface area contributed by atoms with Crippen LogP contribution in [0.2, 0.25) is 0 Å². The lowest BCUT2D eigenvalue weighted by atomic mass is 9.83. The van der Waals surface area contributed by atoms with E-state index in [1.165, 1.54) is 0 Å². The first-order valence-corrected chi connectivity index (χ1v) is 6.90. The highest BCUT2D eigenvalue weighted by molar-refractivity contribution is 6.07. The second-order valence-electron chi connectivity index (χ2n) is 5.43. The van der Waals surface area contributed by atoms with Crippen molar-refractivity contribution in [2.24, 2.45) is 16.3 Å². The lowest BCUT2D eigenvalue weighted by molar-refractivity contribution is -0.128. The lowest BCUT2D eigenvalue weighted by Crippen LogP contribution is -2.50. The third-order valence-corrected chi connectivity index (χ3v) is 3.95. The van der Waals surface area contributed by atoms with Crippen LogP contribution in [0.4, 0.5) is 0 Å². The van der Waals surface area contributed by atoms with Gasteiger partial charge in [0.2, 0.25) is 5.91 Å². The number of nitrogens with two attached hydrogens (primary N) is 1. The van der Waals surface area contributed by atoms with E-state index in [-0.39, 0.29) is 17.8 Å². The van der Waals surface area contributed by atoms with Gasteiger partial charge in [-0.25, -0.2) is 0 Å². The van der Waals surface area contributed by atoms with Gasteiger partial charge in [-0.1, -0.05) is 18.0 Å². The molecule has 1 aromatic heterocycles. The van der Waals surface area contributed by atoms with E-state index in [1.807, 2.05) is 19.1 Å². The fraction of sp³-hybridized carbons (Fsp3) is 0.571. The van der Waals surface area contributed by atoms with Crippen LogP contribution in [0.3, 0.4) is 0 Å². The van der Waals surface area contributed by atoms with Crippen LogP contribution >= 0.6 is 0 Å². The minimum absolute atomic E-state index is 0.0118. The van der Waals surface area contributed by atoms with E-state index < -0.39 is 5.41 Å². The maximum Gasteiger partial charge on any atom is 0.234 e. The van der Waals surface area contributed by atoms with Gasteiger partial charge in [-0.2, -0.15) is 0 Å². The van der Waals surface area contributed by atoms with Gasteiger partial charge in [-0.15, -0.1) is 0 Å². The molecule has 0 spiro atoms. The van der Waals surface area contributed by atoms with Crippen LogP contribution in [0.25, 0.3) is 0 Å². The normalized spacial score (nSPS) is 19.8. The van der Waals surface area contributed by atoms with Gasteiger partial charge in [-0.05, 0) is 31.9 Å². The van der Waals surface area contributed by atoms with Crippen LogP contribution in [-0.4, -0.2) is 23.0 Å². The molecule has 0 bridgehead atoms.